The summed E-state index contributed by atoms with van der Waals surface area (Å²) in [4.78, 5) is 26.9. The monoisotopic (exact) mass is 390 g/mol. The molecule has 1 saturated carbocycles. The Bertz CT molecular complexity index is 667. The molecule has 1 amide bonds. The van der Waals surface area contributed by atoms with E-state index in [1.54, 1.807) is 24.3 Å². The molecule has 0 spiro atoms. The van der Waals surface area contributed by atoms with Gasteiger partial charge in [-0.2, -0.15) is 0 Å². The first-order chi connectivity index (χ1) is 13.6. The maximum Gasteiger partial charge on any atom is 0.338 e. The zero-order chi connectivity index (χ0) is 19.8. The minimum absolute atomic E-state index is 0.00546. The number of hydrogen-bond acceptors (Lipinski definition) is 6. The third-order valence-corrected chi connectivity index (χ3v) is 5.72. The number of carbonyl (C=O) groups is 2. The zero-order valence-electron chi connectivity index (χ0n) is 16.6. The van der Waals surface area contributed by atoms with E-state index in [9.17, 15) is 9.59 Å². The molecule has 1 N–H and O–H groups in total. The number of rotatable bonds is 7. The summed E-state index contributed by atoms with van der Waals surface area (Å²) >= 11 is 0. The molecule has 28 heavy (non-hydrogen) atoms. The quantitative estimate of drug-likeness (QED) is 0.718. The molecule has 0 atom stereocenters. The lowest BCUT2D eigenvalue weighted by Crippen LogP contribution is -2.59. The first kappa shape index (κ1) is 20.6. The number of benzene rings is 1. The van der Waals surface area contributed by atoms with E-state index in [2.05, 4.69) is 10.2 Å². The van der Waals surface area contributed by atoms with E-state index >= 15 is 0 Å². The molecule has 1 aliphatic carbocycles. The molecule has 0 aromatic heterocycles. The molecule has 1 aromatic rings. The van der Waals surface area contributed by atoms with Gasteiger partial charge in [0, 0.05) is 25.2 Å². The Balaban J connectivity index is 1.51. The Morgan fingerprint density at radius 2 is 1.93 bits per heavy atom. The van der Waals surface area contributed by atoms with Crippen LogP contribution in [0.5, 0.6) is 5.75 Å². The highest BCUT2D eigenvalue weighted by Gasteiger charge is 2.38. The number of nitrogens with zero attached hydrogens (tertiary/aromatic N) is 1. The number of nitrogens with one attached hydrogen (secondary N) is 1. The summed E-state index contributed by atoms with van der Waals surface area (Å²) in [6.45, 7) is 3.60. The number of ether oxygens (including phenoxy) is 3. The maximum atomic E-state index is 12.3. The van der Waals surface area contributed by atoms with Crippen molar-refractivity contribution in [2.75, 3.05) is 46.6 Å². The number of esters is 1. The van der Waals surface area contributed by atoms with Crippen molar-refractivity contribution in [3.05, 3.63) is 29.8 Å². The molecular weight excluding hydrogens is 360 g/mol. The summed E-state index contributed by atoms with van der Waals surface area (Å²) in [5.41, 5.74) is 0.360. The molecule has 7 nitrogen and oxygen atoms in total. The van der Waals surface area contributed by atoms with Crippen molar-refractivity contribution in [1.29, 1.82) is 0 Å². The Kier molecular flexibility index (Phi) is 7.28. The van der Waals surface area contributed by atoms with Gasteiger partial charge in [-0.15, -0.1) is 0 Å². The lowest BCUT2D eigenvalue weighted by atomic mass is 9.79. The van der Waals surface area contributed by atoms with Crippen LogP contribution < -0.4 is 10.1 Å². The second-order valence-corrected chi connectivity index (χ2v) is 7.47. The van der Waals surface area contributed by atoms with Crippen LogP contribution in [-0.2, 0) is 14.3 Å². The van der Waals surface area contributed by atoms with Gasteiger partial charge in [0.15, 0.2) is 6.61 Å². The van der Waals surface area contributed by atoms with Crippen molar-refractivity contribution in [2.24, 2.45) is 0 Å². The van der Waals surface area contributed by atoms with Crippen LogP contribution in [0.4, 0.5) is 0 Å². The molecule has 0 radical (unpaired) electrons. The van der Waals surface area contributed by atoms with Gasteiger partial charge >= 0.3 is 5.97 Å². The molecule has 1 aliphatic heterocycles. The maximum absolute atomic E-state index is 12.3. The van der Waals surface area contributed by atoms with Crippen molar-refractivity contribution < 1.29 is 23.8 Å². The summed E-state index contributed by atoms with van der Waals surface area (Å²) in [6, 6.07) is 6.69. The molecule has 2 fully saturated rings. The molecule has 1 aromatic carbocycles. The minimum atomic E-state index is -0.533. The van der Waals surface area contributed by atoms with Gasteiger partial charge < -0.3 is 19.5 Å². The number of carbonyl (C=O) groups excluding carboxylic acids is 2. The van der Waals surface area contributed by atoms with Crippen LogP contribution in [-0.4, -0.2) is 68.9 Å². The summed E-state index contributed by atoms with van der Waals surface area (Å²) in [5.74, 6) is -0.229. The van der Waals surface area contributed by atoms with Crippen LogP contribution in [0.25, 0.3) is 0 Å². The molecule has 0 bridgehead atoms. The van der Waals surface area contributed by atoms with E-state index in [0.717, 1.165) is 39.1 Å². The topological polar surface area (TPSA) is 77.1 Å². The number of methoxy groups -OCH3 is 1. The highest BCUT2D eigenvalue weighted by Crippen LogP contribution is 2.33. The van der Waals surface area contributed by atoms with Crippen molar-refractivity contribution in [1.82, 2.24) is 10.2 Å². The lowest BCUT2D eigenvalue weighted by molar-refractivity contribution is -0.125. The first-order valence-corrected chi connectivity index (χ1v) is 10.0. The Morgan fingerprint density at radius 1 is 1.18 bits per heavy atom. The Hall–Kier alpha value is -2.12. The van der Waals surface area contributed by atoms with Crippen molar-refractivity contribution in [3.8, 4) is 5.75 Å². The molecule has 7 heteroatoms. The second kappa shape index (κ2) is 9.89. The highest BCUT2D eigenvalue weighted by molar-refractivity contribution is 5.91. The van der Waals surface area contributed by atoms with Crippen LogP contribution in [0, 0.1) is 0 Å². The van der Waals surface area contributed by atoms with Gasteiger partial charge in [0.1, 0.15) is 5.75 Å². The second-order valence-electron chi connectivity index (χ2n) is 7.47. The van der Waals surface area contributed by atoms with Crippen molar-refractivity contribution >= 4 is 11.9 Å². The lowest BCUT2D eigenvalue weighted by Gasteiger charge is -2.48. The third kappa shape index (κ3) is 5.23. The molecule has 2 aliphatic rings. The van der Waals surface area contributed by atoms with Gasteiger partial charge in [-0.1, -0.05) is 25.3 Å². The number of morpholine rings is 1. The fourth-order valence-corrected chi connectivity index (χ4v) is 4.13. The molecule has 1 saturated heterocycles. The predicted octanol–water partition coefficient (Wildman–Crippen LogP) is 2.00. The van der Waals surface area contributed by atoms with Crippen LogP contribution in [0.15, 0.2) is 24.3 Å². The zero-order valence-corrected chi connectivity index (χ0v) is 16.6. The molecule has 154 valence electrons. The minimum Gasteiger partial charge on any atom is -0.497 e. The van der Waals surface area contributed by atoms with Gasteiger partial charge in [0.05, 0.1) is 25.9 Å². The van der Waals surface area contributed by atoms with Gasteiger partial charge in [0.2, 0.25) is 0 Å². The van der Waals surface area contributed by atoms with Crippen LogP contribution in [0.1, 0.15) is 42.5 Å². The normalized spacial score (nSPS) is 19.6. The van der Waals surface area contributed by atoms with Crippen LogP contribution in [0.2, 0.25) is 0 Å². The van der Waals surface area contributed by atoms with E-state index in [-0.39, 0.29) is 18.1 Å². The first-order valence-electron chi connectivity index (χ1n) is 10.0. The van der Waals surface area contributed by atoms with Crippen LogP contribution >= 0.6 is 0 Å². The summed E-state index contributed by atoms with van der Waals surface area (Å²) in [5, 5.41) is 3.00. The fourth-order valence-electron chi connectivity index (χ4n) is 4.13. The Morgan fingerprint density at radius 3 is 2.64 bits per heavy atom. The summed E-state index contributed by atoms with van der Waals surface area (Å²) < 4.78 is 15.8. The number of hydrogen-bond donors (Lipinski definition) is 1. The standard InChI is InChI=1S/C21H30N2O5/c1-26-18-7-5-6-17(14-18)20(25)28-15-19(24)22-16-21(8-3-2-4-9-21)23-10-12-27-13-11-23/h5-7,14H,2-4,8-13,15-16H2,1H3,(H,22,24). The van der Waals surface area contributed by atoms with Crippen molar-refractivity contribution in [2.45, 2.75) is 37.6 Å². The molecule has 0 unspecified atom stereocenters. The van der Waals surface area contributed by atoms with Gasteiger partial charge in [-0.25, -0.2) is 4.79 Å². The molecular formula is C21H30N2O5. The molecule has 1 heterocycles. The van der Waals surface area contributed by atoms with Crippen molar-refractivity contribution in [3.63, 3.8) is 0 Å². The smallest absolute Gasteiger partial charge is 0.338 e. The predicted molar refractivity (Wildman–Crippen MR) is 104 cm³/mol. The largest absolute Gasteiger partial charge is 0.497 e. The summed E-state index contributed by atoms with van der Waals surface area (Å²) in [6.07, 6.45) is 5.77. The van der Waals surface area contributed by atoms with Gasteiger partial charge in [0.25, 0.3) is 5.91 Å². The van der Waals surface area contributed by atoms with E-state index < -0.39 is 5.97 Å². The van der Waals surface area contributed by atoms with Gasteiger partial charge in [-0.3, -0.25) is 9.69 Å². The summed E-state index contributed by atoms with van der Waals surface area (Å²) in [7, 11) is 1.54. The van der Waals surface area contributed by atoms with E-state index in [1.165, 1.54) is 26.4 Å². The Labute approximate surface area is 166 Å². The fraction of sp³-hybridized carbons (Fsp3) is 0.619. The van der Waals surface area contributed by atoms with Gasteiger partial charge in [-0.05, 0) is 31.0 Å². The van der Waals surface area contributed by atoms with E-state index in [0.29, 0.717) is 17.9 Å². The highest BCUT2D eigenvalue weighted by atomic mass is 16.5. The number of amides is 1. The third-order valence-electron chi connectivity index (χ3n) is 5.72. The SMILES string of the molecule is COc1cccc(C(=O)OCC(=O)NCC2(N3CCOCC3)CCCCC2)c1. The average molecular weight is 390 g/mol. The van der Waals surface area contributed by atoms with E-state index in [1.807, 2.05) is 0 Å². The van der Waals surface area contributed by atoms with Crippen LogP contribution in [0.3, 0.4) is 0 Å². The molecule has 3 rings (SSSR count). The van der Waals surface area contributed by atoms with E-state index in [4.69, 9.17) is 14.2 Å². The average Bonchev–Trinajstić information content (AvgIpc) is 2.77.